The first kappa shape index (κ1) is 22.9. The lowest BCUT2D eigenvalue weighted by Gasteiger charge is -2.26. The molecule has 0 aliphatic heterocycles. The van der Waals surface area contributed by atoms with Crippen LogP contribution in [0.3, 0.4) is 0 Å². The van der Waals surface area contributed by atoms with Crippen LogP contribution in [0.5, 0.6) is 0 Å². The molecule has 1 saturated carbocycles. The van der Waals surface area contributed by atoms with E-state index in [4.69, 9.17) is 0 Å². The highest BCUT2D eigenvalue weighted by Crippen LogP contribution is 2.35. The minimum absolute atomic E-state index is 0.0206. The molecule has 0 atom stereocenters. The van der Waals surface area contributed by atoms with Crippen LogP contribution in [0.15, 0.2) is 29.3 Å². The number of aliphatic hydroxyl groups excluding tert-OH is 1. The van der Waals surface area contributed by atoms with Crippen molar-refractivity contribution in [1.82, 2.24) is 14.1 Å². The van der Waals surface area contributed by atoms with Gasteiger partial charge in [0.2, 0.25) is 10.0 Å². The van der Waals surface area contributed by atoms with Crippen molar-refractivity contribution in [3.05, 3.63) is 40.5 Å². The molecule has 4 rings (SSSR count). The standard InChI is InChI=1S/C23H28N4O3S2/c1-14-21(27-13-20(23(2,3)4)31-22(27)25-14)15-5-6-16(12-24)19(11-15)32(29,30)26-17-7-9-18(28)10-8-17/h5-6,11,13,17-18,26,28H,7-10H2,1-4H3. The fourth-order valence-electron chi connectivity index (χ4n) is 4.11. The van der Waals surface area contributed by atoms with E-state index in [1.165, 1.54) is 4.88 Å². The van der Waals surface area contributed by atoms with Gasteiger partial charge in [0.05, 0.1) is 23.1 Å². The lowest BCUT2D eigenvalue weighted by atomic mass is 9.94. The van der Waals surface area contributed by atoms with Crippen LogP contribution in [0.1, 0.15) is 62.6 Å². The summed E-state index contributed by atoms with van der Waals surface area (Å²) in [5, 5.41) is 19.3. The van der Waals surface area contributed by atoms with Crippen molar-refractivity contribution in [1.29, 1.82) is 5.26 Å². The normalized spacial score (nSPS) is 19.9. The van der Waals surface area contributed by atoms with Crippen LogP contribution in [-0.4, -0.2) is 35.1 Å². The Morgan fingerprint density at radius 2 is 1.94 bits per heavy atom. The predicted octanol–water partition coefficient (Wildman–Crippen LogP) is 4.12. The fourth-order valence-corrected chi connectivity index (χ4v) is 6.68. The second kappa shape index (κ2) is 8.27. The molecule has 1 aliphatic carbocycles. The molecular formula is C23H28N4O3S2. The van der Waals surface area contributed by atoms with Crippen molar-refractivity contribution in [3.8, 4) is 17.3 Å². The van der Waals surface area contributed by atoms with E-state index in [-0.39, 0.29) is 28.0 Å². The molecule has 7 nitrogen and oxygen atoms in total. The summed E-state index contributed by atoms with van der Waals surface area (Å²) in [7, 11) is -3.90. The van der Waals surface area contributed by atoms with Crippen molar-refractivity contribution in [2.75, 3.05) is 0 Å². The molecule has 32 heavy (non-hydrogen) atoms. The second-order valence-electron chi connectivity index (χ2n) is 9.49. The summed E-state index contributed by atoms with van der Waals surface area (Å²) < 4.78 is 31.2. The number of hydrogen-bond donors (Lipinski definition) is 2. The molecule has 0 radical (unpaired) electrons. The van der Waals surface area contributed by atoms with Crippen LogP contribution in [0, 0.1) is 18.3 Å². The highest BCUT2D eigenvalue weighted by molar-refractivity contribution is 7.89. The highest BCUT2D eigenvalue weighted by Gasteiger charge is 2.28. The van der Waals surface area contributed by atoms with E-state index in [2.05, 4.69) is 36.7 Å². The minimum Gasteiger partial charge on any atom is -0.393 e. The third-order valence-electron chi connectivity index (χ3n) is 5.92. The summed E-state index contributed by atoms with van der Waals surface area (Å²) in [5.41, 5.74) is 2.42. The molecule has 0 bridgehead atoms. The maximum atomic E-state index is 13.2. The number of thiazole rings is 1. The Labute approximate surface area is 192 Å². The Morgan fingerprint density at radius 1 is 1.25 bits per heavy atom. The van der Waals surface area contributed by atoms with Gasteiger partial charge in [0.15, 0.2) is 4.96 Å². The number of benzene rings is 1. The van der Waals surface area contributed by atoms with Gasteiger partial charge >= 0.3 is 0 Å². The third kappa shape index (κ3) is 4.33. The molecule has 9 heteroatoms. The molecule has 2 aromatic heterocycles. The molecule has 2 N–H and O–H groups in total. The van der Waals surface area contributed by atoms with Gasteiger partial charge in [0.1, 0.15) is 11.0 Å². The van der Waals surface area contributed by atoms with Gasteiger partial charge in [-0.15, -0.1) is 11.3 Å². The van der Waals surface area contributed by atoms with E-state index < -0.39 is 10.0 Å². The molecule has 1 aliphatic rings. The first-order valence-corrected chi connectivity index (χ1v) is 13.0. The van der Waals surface area contributed by atoms with E-state index in [1.54, 1.807) is 29.5 Å². The second-order valence-corrected chi connectivity index (χ2v) is 12.2. The number of aliphatic hydroxyl groups is 1. The number of imidazole rings is 1. The van der Waals surface area contributed by atoms with Crippen LogP contribution in [0.2, 0.25) is 0 Å². The Balaban J connectivity index is 1.77. The summed E-state index contributed by atoms with van der Waals surface area (Å²) >= 11 is 1.62. The third-order valence-corrected chi connectivity index (χ3v) is 8.89. The number of aromatic nitrogens is 2. The van der Waals surface area contributed by atoms with Crippen LogP contribution >= 0.6 is 11.3 Å². The van der Waals surface area contributed by atoms with Gasteiger partial charge in [0, 0.05) is 22.7 Å². The van der Waals surface area contributed by atoms with Crippen LogP contribution in [0.4, 0.5) is 0 Å². The zero-order valence-corrected chi connectivity index (χ0v) is 20.3. The molecule has 170 valence electrons. The monoisotopic (exact) mass is 472 g/mol. The first-order chi connectivity index (χ1) is 15.0. The van der Waals surface area contributed by atoms with Gasteiger partial charge < -0.3 is 5.11 Å². The Bertz CT molecular complexity index is 1300. The number of aryl methyl sites for hydroxylation is 1. The van der Waals surface area contributed by atoms with Crippen molar-refractivity contribution in [3.63, 3.8) is 0 Å². The van der Waals surface area contributed by atoms with Gasteiger partial charge in [0.25, 0.3) is 0 Å². The summed E-state index contributed by atoms with van der Waals surface area (Å²) in [4.78, 5) is 6.70. The summed E-state index contributed by atoms with van der Waals surface area (Å²) in [6, 6.07) is 6.68. The molecule has 1 fully saturated rings. The molecule has 1 aromatic carbocycles. The number of nitrogens with zero attached hydrogens (tertiary/aromatic N) is 3. The van der Waals surface area contributed by atoms with Gasteiger partial charge in [-0.1, -0.05) is 26.8 Å². The highest BCUT2D eigenvalue weighted by atomic mass is 32.2. The molecular weight excluding hydrogens is 444 g/mol. The maximum absolute atomic E-state index is 13.2. The van der Waals surface area contributed by atoms with E-state index >= 15 is 0 Å². The topological polar surface area (TPSA) is 107 Å². The minimum atomic E-state index is -3.90. The van der Waals surface area contributed by atoms with Crippen LogP contribution < -0.4 is 4.72 Å². The van der Waals surface area contributed by atoms with Crippen molar-refractivity contribution in [2.24, 2.45) is 0 Å². The molecule has 0 unspecified atom stereocenters. The molecule has 2 heterocycles. The number of fused-ring (bicyclic) bond motifs is 1. The van der Waals surface area contributed by atoms with Gasteiger partial charge in [-0.25, -0.2) is 18.1 Å². The SMILES string of the molecule is Cc1nc2sc(C(C)(C)C)cn2c1-c1ccc(C#N)c(S(=O)(=O)NC2CCC(O)CC2)c1. The number of nitriles is 1. The van der Waals surface area contributed by atoms with Gasteiger partial charge in [-0.2, -0.15) is 5.26 Å². The van der Waals surface area contributed by atoms with Crippen molar-refractivity contribution < 1.29 is 13.5 Å². The summed E-state index contributed by atoms with van der Waals surface area (Å²) in [5.74, 6) is 0. The van der Waals surface area contributed by atoms with E-state index in [9.17, 15) is 18.8 Å². The number of rotatable bonds is 4. The smallest absolute Gasteiger partial charge is 0.242 e. The van der Waals surface area contributed by atoms with E-state index in [0.717, 1.165) is 16.3 Å². The van der Waals surface area contributed by atoms with Crippen molar-refractivity contribution in [2.45, 2.75) is 75.8 Å². The number of sulfonamides is 1. The molecule has 0 amide bonds. The zero-order chi connectivity index (χ0) is 23.3. The number of hydrogen-bond acceptors (Lipinski definition) is 6. The van der Waals surface area contributed by atoms with Crippen molar-refractivity contribution >= 4 is 26.3 Å². The largest absolute Gasteiger partial charge is 0.393 e. The summed E-state index contributed by atoms with van der Waals surface area (Å²) in [6.45, 7) is 8.34. The van der Waals surface area contributed by atoms with Crippen LogP contribution in [0.25, 0.3) is 16.2 Å². The van der Waals surface area contributed by atoms with E-state index in [1.807, 2.05) is 17.4 Å². The quantitative estimate of drug-likeness (QED) is 0.594. The average molecular weight is 473 g/mol. The molecule has 0 saturated heterocycles. The summed E-state index contributed by atoms with van der Waals surface area (Å²) in [6.07, 6.45) is 3.99. The molecule has 3 aromatic rings. The fraction of sp³-hybridized carbons (Fsp3) is 0.478. The Kier molecular flexibility index (Phi) is 5.92. The van der Waals surface area contributed by atoms with Gasteiger partial charge in [-0.3, -0.25) is 4.40 Å². The predicted molar refractivity (Wildman–Crippen MR) is 125 cm³/mol. The lowest BCUT2D eigenvalue weighted by Crippen LogP contribution is -2.38. The van der Waals surface area contributed by atoms with Gasteiger partial charge in [-0.05, 0) is 50.2 Å². The zero-order valence-electron chi connectivity index (χ0n) is 18.7. The number of nitrogens with one attached hydrogen (secondary N) is 1. The Morgan fingerprint density at radius 3 is 2.56 bits per heavy atom. The lowest BCUT2D eigenvalue weighted by molar-refractivity contribution is 0.120. The molecule has 0 spiro atoms. The van der Waals surface area contributed by atoms with Crippen LogP contribution in [-0.2, 0) is 15.4 Å². The average Bonchev–Trinajstić information content (AvgIpc) is 3.26. The van der Waals surface area contributed by atoms with E-state index in [0.29, 0.717) is 31.2 Å². The Hall–Kier alpha value is -2.25. The maximum Gasteiger partial charge on any atom is 0.242 e. The first-order valence-electron chi connectivity index (χ1n) is 10.7.